The number of carbonyl (C=O) groups is 1. The van der Waals surface area contributed by atoms with Crippen LogP contribution in [-0.2, 0) is 11.3 Å². The molecule has 2 aliphatic heterocycles. The first-order valence-corrected chi connectivity index (χ1v) is 10.6. The summed E-state index contributed by atoms with van der Waals surface area (Å²) < 4.78 is 0. The van der Waals surface area contributed by atoms with Crippen LogP contribution < -0.4 is 0 Å². The van der Waals surface area contributed by atoms with Gasteiger partial charge in [-0.05, 0) is 37.7 Å². The molecular weight excluding hydrogens is 318 g/mol. The topological polar surface area (TPSA) is 20.3 Å². The highest BCUT2D eigenvalue weighted by molar-refractivity contribution is 5.83. The Labute approximate surface area is 159 Å². The Morgan fingerprint density at radius 3 is 2.50 bits per heavy atom. The number of ketones is 1. The highest BCUT2D eigenvalue weighted by Gasteiger charge is 2.40. The van der Waals surface area contributed by atoms with Crippen LogP contribution in [0, 0.1) is 17.8 Å². The third-order valence-corrected chi connectivity index (χ3v) is 6.08. The van der Waals surface area contributed by atoms with E-state index < -0.39 is 0 Å². The van der Waals surface area contributed by atoms with Crippen LogP contribution in [0.4, 0.5) is 0 Å². The lowest BCUT2D eigenvalue weighted by atomic mass is 9.76. The van der Waals surface area contributed by atoms with Crippen LogP contribution in [0.15, 0.2) is 30.3 Å². The molecule has 0 aliphatic carbocycles. The minimum atomic E-state index is 0.238. The van der Waals surface area contributed by atoms with Crippen molar-refractivity contribution in [2.45, 2.75) is 89.8 Å². The average Bonchev–Trinajstić information content (AvgIpc) is 2.65. The second-order valence-corrected chi connectivity index (χ2v) is 8.02. The molecule has 26 heavy (non-hydrogen) atoms. The van der Waals surface area contributed by atoms with Crippen molar-refractivity contribution in [2.75, 3.05) is 0 Å². The first-order chi connectivity index (χ1) is 12.8. The quantitative estimate of drug-likeness (QED) is 0.487. The number of nitrogens with zero attached hydrogens (tertiary/aromatic N) is 1. The molecule has 2 fully saturated rings. The highest BCUT2D eigenvalue weighted by atomic mass is 16.1. The number of benzene rings is 1. The molecule has 0 amide bonds. The molecule has 2 nitrogen and oxygen atoms in total. The average molecular weight is 352 g/mol. The molecule has 2 saturated heterocycles. The van der Waals surface area contributed by atoms with E-state index in [9.17, 15) is 4.79 Å². The summed E-state index contributed by atoms with van der Waals surface area (Å²) in [5, 5.41) is 0. The second-order valence-electron chi connectivity index (χ2n) is 8.02. The third-order valence-electron chi connectivity index (χ3n) is 6.08. The fourth-order valence-electron chi connectivity index (χ4n) is 4.64. The van der Waals surface area contributed by atoms with Gasteiger partial charge in [0.1, 0.15) is 5.78 Å². The summed E-state index contributed by atoms with van der Waals surface area (Å²) >= 11 is 0. The first-order valence-electron chi connectivity index (χ1n) is 10.6. The van der Waals surface area contributed by atoms with Crippen molar-refractivity contribution in [1.82, 2.24) is 4.90 Å². The smallest absolute Gasteiger partial charge is 0.147 e. The number of Topliss-reactive ketones (excluding diaryl/α,β-unsaturated/α-hetero) is 1. The van der Waals surface area contributed by atoms with Crippen LogP contribution in [0.5, 0.6) is 0 Å². The number of rotatable bonds is 7. The summed E-state index contributed by atoms with van der Waals surface area (Å²) in [5.41, 5.74) is 1.40. The number of fused-ring (bicyclic) bond motifs is 2. The summed E-state index contributed by atoms with van der Waals surface area (Å²) in [5.74, 6) is 6.98. The summed E-state index contributed by atoms with van der Waals surface area (Å²) in [6, 6.07) is 11.9. The zero-order valence-corrected chi connectivity index (χ0v) is 16.3. The van der Waals surface area contributed by atoms with E-state index in [1.54, 1.807) is 0 Å². The van der Waals surface area contributed by atoms with E-state index in [1.165, 1.54) is 44.1 Å². The summed E-state index contributed by atoms with van der Waals surface area (Å²) in [6.45, 7) is 3.24. The van der Waals surface area contributed by atoms with Crippen molar-refractivity contribution in [3.63, 3.8) is 0 Å². The molecule has 0 aromatic heterocycles. The molecule has 2 heteroatoms. The SMILES string of the molecule is CCCCCC#CCC(=O)C1CC2CCCC(C1)N2Cc1ccccc1. The molecule has 0 spiro atoms. The van der Waals surface area contributed by atoms with Crippen molar-refractivity contribution in [2.24, 2.45) is 5.92 Å². The minimum Gasteiger partial charge on any atom is -0.298 e. The maximum absolute atomic E-state index is 12.7. The van der Waals surface area contributed by atoms with Gasteiger partial charge < -0.3 is 0 Å². The second kappa shape index (κ2) is 9.93. The van der Waals surface area contributed by atoms with Crippen molar-refractivity contribution in [1.29, 1.82) is 0 Å². The molecule has 1 aromatic carbocycles. The monoisotopic (exact) mass is 351 g/mol. The summed E-state index contributed by atoms with van der Waals surface area (Å²) in [7, 11) is 0. The fraction of sp³-hybridized carbons (Fsp3) is 0.625. The Bertz CT molecular complexity index is 613. The Morgan fingerprint density at radius 2 is 1.81 bits per heavy atom. The molecular formula is C24H33NO. The van der Waals surface area contributed by atoms with E-state index in [0.717, 1.165) is 25.8 Å². The lowest BCUT2D eigenvalue weighted by Crippen LogP contribution is -2.52. The van der Waals surface area contributed by atoms with E-state index in [-0.39, 0.29) is 5.92 Å². The van der Waals surface area contributed by atoms with E-state index in [1.807, 2.05) is 0 Å². The van der Waals surface area contributed by atoms with Gasteiger partial charge in [-0.3, -0.25) is 9.69 Å². The largest absolute Gasteiger partial charge is 0.298 e. The molecule has 0 N–H and O–H groups in total. The predicted octanol–water partition coefficient (Wildman–Crippen LogP) is 5.36. The van der Waals surface area contributed by atoms with Gasteiger partial charge in [0.2, 0.25) is 0 Å². The molecule has 3 rings (SSSR count). The van der Waals surface area contributed by atoms with Gasteiger partial charge in [0.15, 0.2) is 0 Å². The van der Waals surface area contributed by atoms with Crippen LogP contribution in [0.25, 0.3) is 0 Å². The van der Waals surface area contributed by atoms with Crippen molar-refractivity contribution >= 4 is 5.78 Å². The van der Waals surface area contributed by atoms with E-state index in [4.69, 9.17) is 0 Å². The minimum absolute atomic E-state index is 0.238. The van der Waals surface area contributed by atoms with Crippen molar-refractivity contribution < 1.29 is 4.79 Å². The van der Waals surface area contributed by atoms with E-state index >= 15 is 0 Å². The van der Waals surface area contributed by atoms with Gasteiger partial charge in [0.05, 0.1) is 6.42 Å². The van der Waals surface area contributed by atoms with Gasteiger partial charge in [0, 0.05) is 31.0 Å². The third kappa shape index (κ3) is 5.21. The fourth-order valence-corrected chi connectivity index (χ4v) is 4.64. The number of hydrogen-bond acceptors (Lipinski definition) is 2. The normalized spacial score (nSPS) is 25.3. The Kier molecular flexibility index (Phi) is 7.32. The lowest BCUT2D eigenvalue weighted by molar-refractivity contribution is -0.126. The number of hydrogen-bond donors (Lipinski definition) is 0. The van der Waals surface area contributed by atoms with Crippen molar-refractivity contribution in [3.8, 4) is 11.8 Å². The standard InChI is InChI=1S/C24H33NO/c1-2-3-4-5-6-10-16-24(26)21-17-22-14-11-15-23(18-21)25(22)19-20-12-8-7-9-13-20/h7-9,12-13,21-23H,2-5,11,14-19H2,1H3. The van der Waals surface area contributed by atoms with Crippen LogP contribution in [0.2, 0.25) is 0 Å². The molecule has 140 valence electrons. The van der Waals surface area contributed by atoms with Gasteiger partial charge in [0.25, 0.3) is 0 Å². The number of unbranched alkanes of at least 4 members (excludes halogenated alkanes) is 3. The van der Waals surface area contributed by atoms with Crippen molar-refractivity contribution in [3.05, 3.63) is 35.9 Å². The number of piperidine rings is 2. The molecule has 0 saturated carbocycles. The summed E-state index contributed by atoms with van der Waals surface area (Å²) in [6.07, 6.45) is 10.9. The molecule has 2 bridgehead atoms. The maximum atomic E-state index is 12.7. The lowest BCUT2D eigenvalue weighted by Gasteiger charge is -2.48. The Balaban J connectivity index is 1.53. The van der Waals surface area contributed by atoms with Gasteiger partial charge in [-0.15, -0.1) is 5.92 Å². The number of carbonyl (C=O) groups excluding carboxylic acids is 1. The first kappa shape index (κ1) is 19.2. The zero-order chi connectivity index (χ0) is 18.2. The highest BCUT2D eigenvalue weighted by Crippen LogP contribution is 2.38. The molecule has 2 heterocycles. The molecule has 2 aliphatic rings. The Morgan fingerprint density at radius 1 is 1.08 bits per heavy atom. The van der Waals surface area contributed by atoms with Gasteiger partial charge in [-0.25, -0.2) is 0 Å². The zero-order valence-electron chi connectivity index (χ0n) is 16.3. The molecule has 0 radical (unpaired) electrons. The van der Waals surface area contributed by atoms with Gasteiger partial charge >= 0.3 is 0 Å². The molecule has 2 unspecified atom stereocenters. The van der Waals surface area contributed by atoms with Crippen LogP contribution in [0.1, 0.15) is 76.7 Å². The van der Waals surface area contributed by atoms with Crippen LogP contribution >= 0.6 is 0 Å². The predicted molar refractivity (Wildman–Crippen MR) is 108 cm³/mol. The molecule has 1 aromatic rings. The maximum Gasteiger partial charge on any atom is 0.147 e. The van der Waals surface area contributed by atoms with Crippen LogP contribution in [-0.4, -0.2) is 22.8 Å². The Hall–Kier alpha value is -1.59. The summed E-state index contributed by atoms with van der Waals surface area (Å²) in [4.78, 5) is 15.3. The van der Waals surface area contributed by atoms with E-state index in [0.29, 0.717) is 24.3 Å². The van der Waals surface area contributed by atoms with Crippen LogP contribution in [0.3, 0.4) is 0 Å². The van der Waals surface area contributed by atoms with E-state index in [2.05, 4.69) is 54.0 Å². The van der Waals surface area contributed by atoms with Gasteiger partial charge in [-0.1, -0.05) is 62.4 Å². The molecule has 2 atom stereocenters. The van der Waals surface area contributed by atoms with Gasteiger partial charge in [-0.2, -0.15) is 0 Å².